The fourth-order valence-corrected chi connectivity index (χ4v) is 6.86. The zero-order chi connectivity index (χ0) is 35.7. The predicted molar refractivity (Wildman–Crippen MR) is 205 cm³/mol. The van der Waals surface area contributed by atoms with Crippen LogP contribution in [0, 0.1) is 0 Å². The Labute approximate surface area is 296 Å². The first kappa shape index (κ1) is 37.9. The molecule has 0 spiro atoms. The summed E-state index contributed by atoms with van der Waals surface area (Å²) < 4.78 is 20.4. The lowest BCUT2D eigenvalue weighted by Crippen LogP contribution is -2.36. The minimum Gasteiger partial charge on any atom is -0.508 e. The molecular weight excluding hydrogens is 604 g/mol. The van der Waals surface area contributed by atoms with Gasteiger partial charge in [0, 0.05) is 24.8 Å². The van der Waals surface area contributed by atoms with Crippen LogP contribution in [0.5, 0.6) is 23.0 Å². The molecule has 0 aliphatic rings. The van der Waals surface area contributed by atoms with Crippen LogP contribution in [0.3, 0.4) is 0 Å². The van der Waals surface area contributed by atoms with Crippen molar-refractivity contribution < 1.29 is 19.3 Å². The maximum atomic E-state index is 11.6. The maximum Gasteiger partial charge on any atom is 0.123 e. The number of rotatable bonds is 18. The molecule has 0 unspecified atom stereocenters. The van der Waals surface area contributed by atoms with Gasteiger partial charge >= 0.3 is 0 Å². The minimum atomic E-state index is -0.585. The molecule has 4 rings (SSSR count). The van der Waals surface area contributed by atoms with E-state index in [1.165, 1.54) is 16.7 Å². The molecule has 0 aromatic heterocycles. The number of hydrogen-bond donors (Lipinski definition) is 1. The Kier molecular flexibility index (Phi) is 12.9. The summed E-state index contributed by atoms with van der Waals surface area (Å²) >= 11 is 0. The van der Waals surface area contributed by atoms with Crippen LogP contribution in [-0.2, 0) is 38.5 Å². The van der Waals surface area contributed by atoms with Crippen LogP contribution < -0.4 is 14.2 Å². The summed E-state index contributed by atoms with van der Waals surface area (Å²) in [7, 11) is 0. The Balaban J connectivity index is 1.74. The normalized spacial score (nSPS) is 12.2. The molecule has 4 aromatic rings. The highest BCUT2D eigenvalue weighted by Crippen LogP contribution is 2.37. The van der Waals surface area contributed by atoms with Gasteiger partial charge in [-0.2, -0.15) is 0 Å². The summed E-state index contributed by atoms with van der Waals surface area (Å²) in [6, 6.07) is 29.0. The van der Waals surface area contributed by atoms with Crippen molar-refractivity contribution in [3.05, 3.63) is 118 Å². The first-order chi connectivity index (χ1) is 23.3. The lowest BCUT2D eigenvalue weighted by molar-refractivity contribution is 0.0979. The van der Waals surface area contributed by atoms with E-state index in [4.69, 9.17) is 14.2 Å². The molecule has 4 nitrogen and oxygen atoms in total. The number of benzene rings is 4. The topological polar surface area (TPSA) is 47.9 Å². The molecule has 0 heterocycles. The SMILES string of the molecule is CCCc1ccccc1OC(C)(C)Cc1ccc(O)c(CC(C)(C)Oc2ccccc2CCC)c1CC(C)(C)Oc1ccccc1CCC. The highest BCUT2D eigenvalue weighted by atomic mass is 16.5. The molecule has 0 aliphatic carbocycles. The van der Waals surface area contributed by atoms with Crippen LogP contribution in [0.2, 0.25) is 0 Å². The molecule has 0 aliphatic heterocycles. The standard InChI is InChI=1S/C45H60O4/c1-10-19-33-22-13-16-25-40(33)47-43(4,5)30-36-28-29-39(46)38(32-45(8,9)49-42-27-18-15-24-35(42)21-12-3)37(36)31-44(6,7)48-41-26-17-14-23-34(41)20-11-2/h13-18,22-29,46H,10-12,19-21,30-32H2,1-9H3. The molecule has 0 radical (unpaired) electrons. The average molecular weight is 665 g/mol. The Morgan fingerprint density at radius 3 is 1.16 bits per heavy atom. The number of phenolic OH excluding ortho intramolecular Hbond substituents is 1. The quantitative estimate of drug-likeness (QED) is 0.115. The van der Waals surface area contributed by atoms with Crippen molar-refractivity contribution >= 4 is 0 Å². The van der Waals surface area contributed by atoms with Gasteiger partial charge in [-0.05, 0) is 113 Å². The first-order valence-electron chi connectivity index (χ1n) is 18.4. The summed E-state index contributed by atoms with van der Waals surface area (Å²) in [4.78, 5) is 0. The smallest absolute Gasteiger partial charge is 0.123 e. The zero-order valence-corrected chi connectivity index (χ0v) is 31.6. The van der Waals surface area contributed by atoms with Crippen LogP contribution in [0.4, 0.5) is 0 Å². The fraction of sp³-hybridized carbons (Fsp3) is 0.467. The Morgan fingerprint density at radius 1 is 0.429 bits per heavy atom. The highest BCUT2D eigenvalue weighted by molar-refractivity contribution is 5.47. The third-order valence-electron chi connectivity index (χ3n) is 8.96. The van der Waals surface area contributed by atoms with Gasteiger partial charge in [-0.1, -0.05) is 101 Å². The number of ether oxygens (including phenoxy) is 3. The fourth-order valence-electron chi connectivity index (χ4n) is 6.86. The van der Waals surface area contributed by atoms with E-state index in [9.17, 15) is 5.11 Å². The van der Waals surface area contributed by atoms with Crippen molar-refractivity contribution in [2.24, 2.45) is 0 Å². The molecule has 0 atom stereocenters. The molecule has 264 valence electrons. The van der Waals surface area contributed by atoms with Crippen LogP contribution in [-0.4, -0.2) is 21.9 Å². The minimum absolute atomic E-state index is 0.284. The monoisotopic (exact) mass is 664 g/mol. The second-order valence-corrected chi connectivity index (χ2v) is 15.4. The van der Waals surface area contributed by atoms with E-state index in [-0.39, 0.29) is 5.75 Å². The molecule has 4 aromatic carbocycles. The third kappa shape index (κ3) is 10.8. The number of hydrogen-bond acceptors (Lipinski definition) is 4. The predicted octanol–water partition coefficient (Wildman–Crippen LogP) is 11.4. The Hall–Kier alpha value is -3.92. The van der Waals surface area contributed by atoms with Crippen LogP contribution in [0.1, 0.15) is 115 Å². The average Bonchev–Trinajstić information content (AvgIpc) is 3.03. The van der Waals surface area contributed by atoms with E-state index in [1.807, 2.05) is 24.3 Å². The summed E-state index contributed by atoms with van der Waals surface area (Å²) in [5, 5.41) is 11.6. The van der Waals surface area contributed by atoms with Crippen molar-refractivity contribution in [2.45, 2.75) is 137 Å². The van der Waals surface area contributed by atoms with E-state index in [0.717, 1.165) is 72.5 Å². The summed E-state index contributed by atoms with van der Waals surface area (Å²) in [5.74, 6) is 3.05. The van der Waals surface area contributed by atoms with E-state index in [2.05, 4.69) is 123 Å². The number of para-hydroxylation sites is 3. The molecule has 0 saturated carbocycles. The van der Waals surface area contributed by atoms with E-state index in [1.54, 1.807) is 0 Å². The van der Waals surface area contributed by atoms with Gasteiger partial charge in [0.05, 0.1) is 0 Å². The van der Waals surface area contributed by atoms with Crippen molar-refractivity contribution in [1.29, 1.82) is 0 Å². The Bertz CT molecular complexity index is 1650. The van der Waals surface area contributed by atoms with Gasteiger partial charge in [0.2, 0.25) is 0 Å². The largest absolute Gasteiger partial charge is 0.508 e. The number of aryl methyl sites for hydroxylation is 3. The zero-order valence-electron chi connectivity index (χ0n) is 31.6. The molecule has 0 saturated heterocycles. The van der Waals surface area contributed by atoms with Gasteiger partial charge in [-0.25, -0.2) is 0 Å². The second-order valence-electron chi connectivity index (χ2n) is 15.4. The lowest BCUT2D eigenvalue weighted by atomic mass is 9.82. The molecule has 0 amide bonds. The van der Waals surface area contributed by atoms with Crippen molar-refractivity contribution in [3.8, 4) is 23.0 Å². The van der Waals surface area contributed by atoms with Gasteiger partial charge in [-0.15, -0.1) is 0 Å². The maximum absolute atomic E-state index is 11.6. The van der Waals surface area contributed by atoms with Crippen molar-refractivity contribution in [1.82, 2.24) is 0 Å². The van der Waals surface area contributed by atoms with E-state index >= 15 is 0 Å². The molecule has 0 fully saturated rings. The van der Waals surface area contributed by atoms with Crippen molar-refractivity contribution in [2.75, 3.05) is 0 Å². The van der Waals surface area contributed by atoms with Crippen molar-refractivity contribution in [3.63, 3.8) is 0 Å². The van der Waals surface area contributed by atoms with Gasteiger partial charge in [-0.3, -0.25) is 0 Å². The van der Waals surface area contributed by atoms with Gasteiger partial charge in [0.15, 0.2) is 0 Å². The second kappa shape index (κ2) is 16.7. The molecule has 0 bridgehead atoms. The van der Waals surface area contributed by atoms with Gasteiger partial charge in [0.25, 0.3) is 0 Å². The van der Waals surface area contributed by atoms with Crippen LogP contribution >= 0.6 is 0 Å². The van der Waals surface area contributed by atoms with E-state index < -0.39 is 16.8 Å². The van der Waals surface area contributed by atoms with Crippen LogP contribution in [0.15, 0.2) is 84.9 Å². The van der Waals surface area contributed by atoms with Crippen LogP contribution in [0.25, 0.3) is 0 Å². The highest BCUT2D eigenvalue weighted by Gasteiger charge is 2.32. The summed E-state index contributed by atoms with van der Waals surface area (Å²) in [6.07, 6.45) is 7.86. The molecular formula is C45H60O4. The number of aromatic hydroxyl groups is 1. The van der Waals surface area contributed by atoms with Gasteiger partial charge in [0.1, 0.15) is 39.8 Å². The van der Waals surface area contributed by atoms with Gasteiger partial charge < -0.3 is 19.3 Å². The third-order valence-corrected chi connectivity index (χ3v) is 8.96. The number of phenols is 1. The summed E-state index contributed by atoms with van der Waals surface area (Å²) in [5.41, 5.74) is 5.15. The Morgan fingerprint density at radius 2 is 0.776 bits per heavy atom. The first-order valence-corrected chi connectivity index (χ1v) is 18.4. The molecule has 1 N–H and O–H groups in total. The summed E-state index contributed by atoms with van der Waals surface area (Å²) in [6.45, 7) is 19.4. The molecule has 4 heteroatoms. The molecule has 49 heavy (non-hydrogen) atoms. The lowest BCUT2D eigenvalue weighted by Gasteiger charge is -2.34. The van der Waals surface area contributed by atoms with E-state index in [0.29, 0.717) is 19.3 Å².